The Hall–Kier alpha value is -2.36. The van der Waals surface area contributed by atoms with Crippen molar-refractivity contribution in [2.45, 2.75) is 13.0 Å². The van der Waals surface area contributed by atoms with Gasteiger partial charge in [-0.25, -0.2) is 9.50 Å². The smallest absolute Gasteiger partial charge is 0.152 e. The molecule has 18 heavy (non-hydrogen) atoms. The molecule has 0 aliphatic rings. The fourth-order valence-electron chi connectivity index (χ4n) is 2.00. The highest BCUT2D eigenvalue weighted by Gasteiger charge is 2.08. The summed E-state index contributed by atoms with van der Waals surface area (Å²) >= 11 is 0. The molecular weight excluding hydrogens is 224 g/mol. The first-order valence-electron chi connectivity index (χ1n) is 5.94. The van der Waals surface area contributed by atoms with Crippen LogP contribution in [-0.2, 0) is 0 Å². The summed E-state index contributed by atoms with van der Waals surface area (Å²) in [4.78, 5) is 4.37. The lowest BCUT2D eigenvalue weighted by molar-refractivity contribution is 0.867. The van der Waals surface area contributed by atoms with Crippen LogP contribution in [0.15, 0.2) is 55.0 Å². The summed E-state index contributed by atoms with van der Waals surface area (Å²) in [6, 6.07) is 12.5. The van der Waals surface area contributed by atoms with Gasteiger partial charge in [-0.2, -0.15) is 5.10 Å². The van der Waals surface area contributed by atoms with E-state index in [0.29, 0.717) is 0 Å². The molecule has 1 atom stereocenters. The Bertz CT molecular complexity index is 645. The zero-order valence-corrected chi connectivity index (χ0v) is 10.1. The van der Waals surface area contributed by atoms with Gasteiger partial charge in [0.05, 0.1) is 12.2 Å². The van der Waals surface area contributed by atoms with E-state index in [1.54, 1.807) is 12.4 Å². The molecule has 0 fully saturated rings. The average molecular weight is 238 g/mol. The molecule has 0 spiro atoms. The molecule has 4 nitrogen and oxygen atoms in total. The molecule has 0 bridgehead atoms. The van der Waals surface area contributed by atoms with Crippen molar-refractivity contribution < 1.29 is 0 Å². The normalized spacial score (nSPS) is 12.5. The molecule has 2 heterocycles. The van der Waals surface area contributed by atoms with Crippen molar-refractivity contribution in [1.29, 1.82) is 0 Å². The summed E-state index contributed by atoms with van der Waals surface area (Å²) in [5.74, 6) is 0.853. The third-order valence-corrected chi connectivity index (χ3v) is 2.98. The van der Waals surface area contributed by atoms with Crippen molar-refractivity contribution in [1.82, 2.24) is 14.6 Å². The quantitative estimate of drug-likeness (QED) is 0.763. The fourth-order valence-corrected chi connectivity index (χ4v) is 2.00. The number of aromatic nitrogens is 3. The van der Waals surface area contributed by atoms with Crippen LogP contribution in [0.3, 0.4) is 0 Å². The Morgan fingerprint density at radius 1 is 1.11 bits per heavy atom. The maximum atomic E-state index is 4.37. The molecule has 2 aromatic heterocycles. The lowest BCUT2D eigenvalue weighted by atomic mass is 10.1. The summed E-state index contributed by atoms with van der Waals surface area (Å²) in [5, 5.41) is 7.61. The summed E-state index contributed by atoms with van der Waals surface area (Å²) in [6.45, 7) is 2.12. The lowest BCUT2D eigenvalue weighted by Crippen LogP contribution is -2.08. The zero-order chi connectivity index (χ0) is 12.4. The summed E-state index contributed by atoms with van der Waals surface area (Å²) in [6.07, 6.45) is 5.36. The maximum absolute atomic E-state index is 4.37. The highest BCUT2D eigenvalue weighted by atomic mass is 15.2. The lowest BCUT2D eigenvalue weighted by Gasteiger charge is -2.15. The minimum atomic E-state index is 0.208. The first kappa shape index (κ1) is 10.8. The largest absolute Gasteiger partial charge is 0.362 e. The monoisotopic (exact) mass is 238 g/mol. The van der Waals surface area contributed by atoms with E-state index in [1.165, 1.54) is 5.56 Å². The van der Waals surface area contributed by atoms with E-state index in [-0.39, 0.29) is 6.04 Å². The number of anilines is 1. The molecule has 0 saturated carbocycles. The van der Waals surface area contributed by atoms with Crippen molar-refractivity contribution in [2.75, 3.05) is 5.32 Å². The molecule has 0 aliphatic heterocycles. The van der Waals surface area contributed by atoms with E-state index in [0.717, 1.165) is 11.3 Å². The molecule has 1 unspecified atom stereocenters. The number of nitrogens with zero attached hydrogens (tertiary/aromatic N) is 3. The molecule has 3 rings (SSSR count). The van der Waals surface area contributed by atoms with Crippen LogP contribution in [0.5, 0.6) is 0 Å². The van der Waals surface area contributed by atoms with E-state index >= 15 is 0 Å². The Kier molecular flexibility index (Phi) is 2.68. The molecule has 0 amide bonds. The van der Waals surface area contributed by atoms with Gasteiger partial charge in [-0.3, -0.25) is 0 Å². The SMILES string of the molecule is CC(Nc1nccn2nccc12)c1ccccc1. The molecule has 0 radical (unpaired) electrons. The van der Waals surface area contributed by atoms with Crippen molar-refractivity contribution in [3.63, 3.8) is 0 Å². The first-order chi connectivity index (χ1) is 8.84. The molecule has 1 N–H and O–H groups in total. The van der Waals surface area contributed by atoms with Gasteiger partial charge in [0, 0.05) is 12.4 Å². The van der Waals surface area contributed by atoms with E-state index in [9.17, 15) is 0 Å². The van der Waals surface area contributed by atoms with Crippen LogP contribution in [0.2, 0.25) is 0 Å². The van der Waals surface area contributed by atoms with Gasteiger partial charge in [0.25, 0.3) is 0 Å². The molecule has 1 aromatic carbocycles. The van der Waals surface area contributed by atoms with E-state index in [1.807, 2.05) is 35.0 Å². The van der Waals surface area contributed by atoms with Crippen LogP contribution in [0, 0.1) is 0 Å². The van der Waals surface area contributed by atoms with Gasteiger partial charge >= 0.3 is 0 Å². The number of hydrogen-bond acceptors (Lipinski definition) is 3. The van der Waals surface area contributed by atoms with Gasteiger partial charge in [-0.15, -0.1) is 0 Å². The van der Waals surface area contributed by atoms with Gasteiger partial charge < -0.3 is 5.32 Å². The molecule has 3 aromatic rings. The van der Waals surface area contributed by atoms with E-state index in [4.69, 9.17) is 0 Å². The number of rotatable bonds is 3. The van der Waals surface area contributed by atoms with Gasteiger partial charge in [0.2, 0.25) is 0 Å². The van der Waals surface area contributed by atoms with Crippen molar-refractivity contribution >= 4 is 11.3 Å². The zero-order valence-electron chi connectivity index (χ0n) is 10.1. The summed E-state index contributed by atoms with van der Waals surface area (Å²) < 4.78 is 1.81. The van der Waals surface area contributed by atoms with Crippen LogP contribution in [-0.4, -0.2) is 14.6 Å². The molecular formula is C14H14N4. The topological polar surface area (TPSA) is 42.2 Å². The second-order valence-corrected chi connectivity index (χ2v) is 4.21. The van der Waals surface area contributed by atoms with Crippen LogP contribution in [0.4, 0.5) is 5.82 Å². The van der Waals surface area contributed by atoms with Gasteiger partial charge in [0.1, 0.15) is 5.52 Å². The third kappa shape index (κ3) is 1.93. The predicted octanol–water partition coefficient (Wildman–Crippen LogP) is 2.90. The van der Waals surface area contributed by atoms with Crippen LogP contribution in [0.25, 0.3) is 5.52 Å². The molecule has 0 saturated heterocycles. The van der Waals surface area contributed by atoms with E-state index < -0.39 is 0 Å². The van der Waals surface area contributed by atoms with Crippen LogP contribution >= 0.6 is 0 Å². The van der Waals surface area contributed by atoms with Gasteiger partial charge in [-0.05, 0) is 18.6 Å². The summed E-state index contributed by atoms with van der Waals surface area (Å²) in [7, 11) is 0. The second kappa shape index (κ2) is 4.49. The number of benzene rings is 1. The Morgan fingerprint density at radius 3 is 2.78 bits per heavy atom. The number of hydrogen-bond donors (Lipinski definition) is 1. The first-order valence-corrected chi connectivity index (χ1v) is 5.94. The minimum Gasteiger partial charge on any atom is -0.362 e. The fraction of sp³-hybridized carbons (Fsp3) is 0.143. The Labute approximate surface area is 105 Å². The minimum absolute atomic E-state index is 0.208. The third-order valence-electron chi connectivity index (χ3n) is 2.98. The highest BCUT2D eigenvalue weighted by Crippen LogP contribution is 2.20. The van der Waals surface area contributed by atoms with Gasteiger partial charge in [0.15, 0.2) is 5.82 Å². The van der Waals surface area contributed by atoms with Crippen molar-refractivity contribution in [3.05, 3.63) is 60.6 Å². The van der Waals surface area contributed by atoms with Gasteiger partial charge in [-0.1, -0.05) is 30.3 Å². The number of fused-ring (bicyclic) bond motifs is 1. The van der Waals surface area contributed by atoms with E-state index in [2.05, 4.69) is 34.5 Å². The highest BCUT2D eigenvalue weighted by molar-refractivity contribution is 5.67. The molecule has 0 aliphatic carbocycles. The predicted molar refractivity (Wildman–Crippen MR) is 71.5 cm³/mol. The van der Waals surface area contributed by atoms with Crippen LogP contribution in [0.1, 0.15) is 18.5 Å². The average Bonchev–Trinajstić information content (AvgIpc) is 2.89. The second-order valence-electron chi connectivity index (χ2n) is 4.21. The maximum Gasteiger partial charge on any atom is 0.152 e. The van der Waals surface area contributed by atoms with Crippen molar-refractivity contribution in [2.24, 2.45) is 0 Å². The molecule has 4 heteroatoms. The Morgan fingerprint density at radius 2 is 1.94 bits per heavy atom. The summed E-state index contributed by atoms with van der Waals surface area (Å²) in [5.41, 5.74) is 2.22. The standard InChI is InChI=1S/C14H14N4/c1-11(12-5-3-2-4-6-12)17-14-13-7-8-16-18(13)10-9-15-14/h2-11H,1H3,(H,15,17). The Balaban J connectivity index is 1.91. The molecule has 90 valence electrons. The van der Waals surface area contributed by atoms with Crippen LogP contribution < -0.4 is 5.32 Å². The number of nitrogens with one attached hydrogen (secondary N) is 1. The van der Waals surface area contributed by atoms with Crippen molar-refractivity contribution in [3.8, 4) is 0 Å².